The zero-order valence-corrected chi connectivity index (χ0v) is 16.5. The second-order valence-corrected chi connectivity index (χ2v) is 7.19. The number of ether oxygens (including phenoxy) is 1. The average molecular weight is 397 g/mol. The van der Waals surface area contributed by atoms with Gasteiger partial charge in [-0.05, 0) is 30.5 Å². The predicted molar refractivity (Wildman–Crippen MR) is 111 cm³/mol. The summed E-state index contributed by atoms with van der Waals surface area (Å²) in [6, 6.07) is 16.1. The summed E-state index contributed by atoms with van der Waals surface area (Å²) >= 11 is 0. The molecular formula is C22H27N3O4. The summed E-state index contributed by atoms with van der Waals surface area (Å²) in [5, 5.41) is 14.0. The number of nitrogens with one attached hydrogen (secondary N) is 1. The Labute approximate surface area is 170 Å². The summed E-state index contributed by atoms with van der Waals surface area (Å²) in [6.07, 6.45) is 1.43. The van der Waals surface area contributed by atoms with E-state index in [2.05, 4.69) is 10.2 Å². The molecule has 154 valence electrons. The normalized spacial score (nSPS) is 15.6. The lowest BCUT2D eigenvalue weighted by molar-refractivity contribution is -0.384. The van der Waals surface area contributed by atoms with E-state index in [1.165, 1.54) is 12.1 Å². The molecule has 7 heteroatoms. The molecule has 1 aliphatic rings. The molecule has 1 saturated heterocycles. The van der Waals surface area contributed by atoms with Crippen LogP contribution in [0.1, 0.15) is 23.5 Å². The minimum absolute atomic E-state index is 0.0260. The van der Waals surface area contributed by atoms with Crippen LogP contribution in [0.5, 0.6) is 0 Å². The smallest absolute Gasteiger partial charge is 0.269 e. The van der Waals surface area contributed by atoms with Crippen molar-refractivity contribution in [2.75, 3.05) is 39.4 Å². The van der Waals surface area contributed by atoms with Gasteiger partial charge >= 0.3 is 0 Å². The Balaban J connectivity index is 1.61. The molecule has 1 aliphatic heterocycles. The van der Waals surface area contributed by atoms with E-state index in [4.69, 9.17) is 4.74 Å². The summed E-state index contributed by atoms with van der Waals surface area (Å²) in [4.78, 5) is 25.8. The Hall–Kier alpha value is -2.77. The van der Waals surface area contributed by atoms with E-state index in [1.807, 2.05) is 30.3 Å². The molecule has 2 aromatic carbocycles. The fourth-order valence-electron chi connectivity index (χ4n) is 3.50. The monoisotopic (exact) mass is 397 g/mol. The Kier molecular flexibility index (Phi) is 7.72. The number of amides is 1. The van der Waals surface area contributed by atoms with Crippen LogP contribution in [0.15, 0.2) is 54.6 Å². The second kappa shape index (κ2) is 10.7. The van der Waals surface area contributed by atoms with Crippen molar-refractivity contribution in [3.05, 3.63) is 75.8 Å². The quantitative estimate of drug-likeness (QED) is 0.400. The SMILES string of the molecule is O=C(NCCCN1CCOCC1)C(Cc1ccccc1)c1ccc([N+](=O)[O-])cc1. The van der Waals surface area contributed by atoms with E-state index in [0.29, 0.717) is 13.0 Å². The van der Waals surface area contributed by atoms with Crippen LogP contribution < -0.4 is 5.32 Å². The molecule has 0 aliphatic carbocycles. The van der Waals surface area contributed by atoms with Gasteiger partial charge in [-0.2, -0.15) is 0 Å². The van der Waals surface area contributed by atoms with Gasteiger partial charge in [0.25, 0.3) is 5.69 Å². The van der Waals surface area contributed by atoms with Gasteiger partial charge in [-0.1, -0.05) is 42.5 Å². The van der Waals surface area contributed by atoms with E-state index in [0.717, 1.165) is 50.4 Å². The Morgan fingerprint density at radius 2 is 1.79 bits per heavy atom. The van der Waals surface area contributed by atoms with Crippen molar-refractivity contribution in [2.45, 2.75) is 18.8 Å². The Morgan fingerprint density at radius 3 is 2.45 bits per heavy atom. The van der Waals surface area contributed by atoms with E-state index >= 15 is 0 Å². The molecule has 3 rings (SSSR count). The van der Waals surface area contributed by atoms with Crippen molar-refractivity contribution in [3.63, 3.8) is 0 Å². The molecule has 7 nitrogen and oxygen atoms in total. The molecule has 0 radical (unpaired) electrons. The summed E-state index contributed by atoms with van der Waals surface area (Å²) in [6.45, 7) is 4.96. The molecule has 0 spiro atoms. The number of nitrogens with zero attached hydrogens (tertiary/aromatic N) is 2. The van der Waals surface area contributed by atoms with Gasteiger partial charge in [-0.25, -0.2) is 0 Å². The second-order valence-electron chi connectivity index (χ2n) is 7.19. The van der Waals surface area contributed by atoms with Gasteiger partial charge in [-0.15, -0.1) is 0 Å². The van der Waals surface area contributed by atoms with E-state index < -0.39 is 4.92 Å². The maximum Gasteiger partial charge on any atom is 0.269 e. The molecule has 0 bridgehead atoms. The first kappa shape index (κ1) is 21.0. The van der Waals surface area contributed by atoms with Crippen molar-refractivity contribution >= 4 is 11.6 Å². The van der Waals surface area contributed by atoms with Gasteiger partial charge in [0.05, 0.1) is 24.1 Å². The van der Waals surface area contributed by atoms with Gasteiger partial charge in [-0.3, -0.25) is 19.8 Å². The minimum Gasteiger partial charge on any atom is -0.379 e. The highest BCUT2D eigenvalue weighted by Crippen LogP contribution is 2.24. The maximum atomic E-state index is 12.9. The van der Waals surface area contributed by atoms with Crippen LogP contribution in [0.4, 0.5) is 5.69 Å². The largest absolute Gasteiger partial charge is 0.379 e. The fraction of sp³-hybridized carbons (Fsp3) is 0.409. The number of carbonyl (C=O) groups excluding carboxylic acids is 1. The van der Waals surface area contributed by atoms with Crippen molar-refractivity contribution in [1.82, 2.24) is 10.2 Å². The molecule has 1 amide bonds. The fourth-order valence-corrected chi connectivity index (χ4v) is 3.50. The third kappa shape index (κ3) is 6.37. The molecule has 0 aromatic heterocycles. The van der Waals surface area contributed by atoms with E-state index in [1.54, 1.807) is 12.1 Å². The van der Waals surface area contributed by atoms with Crippen LogP contribution >= 0.6 is 0 Å². The summed E-state index contributed by atoms with van der Waals surface area (Å²) < 4.78 is 5.35. The minimum atomic E-state index is -0.429. The molecule has 29 heavy (non-hydrogen) atoms. The van der Waals surface area contributed by atoms with Crippen LogP contribution in [0.25, 0.3) is 0 Å². The van der Waals surface area contributed by atoms with Crippen LogP contribution in [0.2, 0.25) is 0 Å². The third-order valence-electron chi connectivity index (χ3n) is 5.16. The van der Waals surface area contributed by atoms with Crippen molar-refractivity contribution in [2.24, 2.45) is 0 Å². The van der Waals surface area contributed by atoms with Crippen LogP contribution in [0, 0.1) is 10.1 Å². The van der Waals surface area contributed by atoms with Gasteiger partial charge < -0.3 is 10.1 Å². The number of carbonyl (C=O) groups is 1. The first-order valence-electron chi connectivity index (χ1n) is 9.99. The van der Waals surface area contributed by atoms with Gasteiger partial charge in [0.15, 0.2) is 0 Å². The van der Waals surface area contributed by atoms with E-state index in [-0.39, 0.29) is 17.5 Å². The molecule has 1 heterocycles. The van der Waals surface area contributed by atoms with Gasteiger partial charge in [0.1, 0.15) is 0 Å². The maximum absolute atomic E-state index is 12.9. The summed E-state index contributed by atoms with van der Waals surface area (Å²) in [5.74, 6) is -0.439. The van der Waals surface area contributed by atoms with Crippen LogP contribution in [0.3, 0.4) is 0 Å². The topological polar surface area (TPSA) is 84.7 Å². The number of nitro benzene ring substituents is 1. The van der Waals surface area contributed by atoms with Crippen molar-refractivity contribution in [1.29, 1.82) is 0 Å². The number of morpholine rings is 1. The molecule has 1 fully saturated rings. The molecular weight excluding hydrogens is 370 g/mol. The molecule has 1 N–H and O–H groups in total. The third-order valence-corrected chi connectivity index (χ3v) is 5.16. The number of hydrogen-bond donors (Lipinski definition) is 1. The highest BCUT2D eigenvalue weighted by Gasteiger charge is 2.22. The zero-order chi connectivity index (χ0) is 20.5. The Bertz CT molecular complexity index is 789. The number of benzene rings is 2. The van der Waals surface area contributed by atoms with Crippen molar-refractivity contribution < 1.29 is 14.5 Å². The van der Waals surface area contributed by atoms with Gasteiger partial charge in [0.2, 0.25) is 5.91 Å². The first-order chi connectivity index (χ1) is 14.1. The molecule has 1 atom stereocenters. The number of non-ortho nitro benzene ring substituents is 1. The lowest BCUT2D eigenvalue weighted by Gasteiger charge is -2.26. The Morgan fingerprint density at radius 1 is 1.10 bits per heavy atom. The number of rotatable bonds is 9. The highest BCUT2D eigenvalue weighted by atomic mass is 16.6. The standard InChI is InChI=1S/C22H27N3O4/c26-22(23-11-4-12-24-13-15-29-16-14-24)21(17-18-5-2-1-3-6-18)19-7-9-20(10-8-19)25(27)28/h1-3,5-10,21H,4,11-17H2,(H,23,26). The van der Waals surface area contributed by atoms with Crippen LogP contribution in [-0.4, -0.2) is 55.1 Å². The van der Waals surface area contributed by atoms with Crippen molar-refractivity contribution in [3.8, 4) is 0 Å². The summed E-state index contributed by atoms with van der Waals surface area (Å²) in [7, 11) is 0. The average Bonchev–Trinajstić information content (AvgIpc) is 2.76. The lowest BCUT2D eigenvalue weighted by atomic mass is 9.91. The first-order valence-corrected chi connectivity index (χ1v) is 9.99. The zero-order valence-electron chi connectivity index (χ0n) is 16.5. The lowest BCUT2D eigenvalue weighted by Crippen LogP contribution is -2.38. The van der Waals surface area contributed by atoms with Gasteiger partial charge in [0, 0.05) is 31.8 Å². The number of nitro groups is 1. The van der Waals surface area contributed by atoms with Crippen LogP contribution in [-0.2, 0) is 16.0 Å². The predicted octanol–water partition coefficient (Wildman–Crippen LogP) is 2.76. The highest BCUT2D eigenvalue weighted by molar-refractivity contribution is 5.84. The molecule has 1 unspecified atom stereocenters. The van der Waals surface area contributed by atoms with E-state index in [9.17, 15) is 14.9 Å². The number of hydrogen-bond acceptors (Lipinski definition) is 5. The molecule has 2 aromatic rings. The summed E-state index contributed by atoms with van der Waals surface area (Å²) in [5.41, 5.74) is 1.86. The molecule has 0 saturated carbocycles.